The number of hydrogen-bond donors (Lipinski definition) is 1. The van der Waals surface area contributed by atoms with Crippen molar-refractivity contribution in [2.75, 3.05) is 0 Å². The zero-order valence-corrected chi connectivity index (χ0v) is 11.8. The second kappa shape index (κ2) is 3.86. The molecule has 1 N–H and O–H groups in total. The van der Waals surface area contributed by atoms with E-state index in [0.717, 1.165) is 0 Å². The van der Waals surface area contributed by atoms with Gasteiger partial charge in [0.2, 0.25) is 0 Å². The van der Waals surface area contributed by atoms with Gasteiger partial charge >= 0.3 is 0 Å². The van der Waals surface area contributed by atoms with Crippen molar-refractivity contribution in [2.24, 2.45) is 0 Å². The van der Waals surface area contributed by atoms with Crippen LogP contribution in [-0.2, 0) is 5.41 Å². The van der Waals surface area contributed by atoms with Crippen LogP contribution in [0.15, 0.2) is 60.8 Å². The zero-order valence-electron chi connectivity index (χ0n) is 11.8. The van der Waals surface area contributed by atoms with E-state index in [0.29, 0.717) is 0 Å². The van der Waals surface area contributed by atoms with Gasteiger partial charge < -0.3 is 4.98 Å². The van der Waals surface area contributed by atoms with Gasteiger partial charge in [0, 0.05) is 17.3 Å². The van der Waals surface area contributed by atoms with E-state index in [1.807, 2.05) is 12.3 Å². The fourth-order valence-corrected chi connectivity index (χ4v) is 3.38. The highest BCUT2D eigenvalue weighted by Crippen LogP contribution is 2.49. The van der Waals surface area contributed by atoms with Crippen LogP contribution >= 0.6 is 0 Å². The minimum atomic E-state index is 0.0779. The van der Waals surface area contributed by atoms with Crippen LogP contribution < -0.4 is 0 Å². The standard InChI is InChI=1S/C19H17N/c1-19(2)16-7-4-3-6-14(16)15-10-9-13(12-17(15)19)18-8-5-11-20-18/h3-12,20H,1-2H3. The fourth-order valence-electron chi connectivity index (χ4n) is 3.38. The Balaban J connectivity index is 1.97. The molecule has 0 spiro atoms. The third kappa shape index (κ3) is 1.44. The molecule has 1 aliphatic carbocycles. The van der Waals surface area contributed by atoms with E-state index in [4.69, 9.17) is 0 Å². The third-order valence-electron chi connectivity index (χ3n) is 4.49. The maximum absolute atomic E-state index is 3.29. The molecule has 98 valence electrons. The predicted molar refractivity (Wildman–Crippen MR) is 83.8 cm³/mol. The monoisotopic (exact) mass is 259 g/mol. The second-order valence-corrected chi connectivity index (χ2v) is 6.01. The number of aromatic nitrogens is 1. The predicted octanol–water partition coefficient (Wildman–Crippen LogP) is 4.99. The molecule has 0 saturated heterocycles. The van der Waals surface area contributed by atoms with E-state index in [9.17, 15) is 0 Å². The molecule has 1 aromatic heterocycles. The maximum Gasteiger partial charge on any atom is 0.0453 e. The first-order chi connectivity index (χ1) is 9.68. The van der Waals surface area contributed by atoms with E-state index in [1.54, 1.807) is 0 Å². The van der Waals surface area contributed by atoms with Gasteiger partial charge in [-0.25, -0.2) is 0 Å². The Morgan fingerprint density at radius 1 is 0.800 bits per heavy atom. The quantitative estimate of drug-likeness (QED) is 0.634. The summed E-state index contributed by atoms with van der Waals surface area (Å²) in [5.41, 5.74) is 8.12. The molecule has 4 rings (SSSR count). The largest absolute Gasteiger partial charge is 0.361 e. The number of benzene rings is 2. The molecule has 20 heavy (non-hydrogen) atoms. The zero-order chi connectivity index (χ0) is 13.7. The Hall–Kier alpha value is -2.28. The molecule has 3 aromatic rings. The summed E-state index contributed by atoms with van der Waals surface area (Å²) in [4.78, 5) is 3.29. The van der Waals surface area contributed by atoms with Crippen LogP contribution in [0.25, 0.3) is 22.4 Å². The van der Waals surface area contributed by atoms with Crippen molar-refractivity contribution in [2.45, 2.75) is 19.3 Å². The average molecular weight is 259 g/mol. The van der Waals surface area contributed by atoms with Gasteiger partial charge in [0.15, 0.2) is 0 Å². The molecule has 1 aliphatic rings. The summed E-state index contributed by atoms with van der Waals surface area (Å²) in [7, 11) is 0. The molecule has 0 radical (unpaired) electrons. The molecule has 0 bridgehead atoms. The minimum Gasteiger partial charge on any atom is -0.361 e. The topological polar surface area (TPSA) is 15.8 Å². The van der Waals surface area contributed by atoms with Gasteiger partial charge in [0.1, 0.15) is 0 Å². The smallest absolute Gasteiger partial charge is 0.0453 e. The first-order valence-corrected chi connectivity index (χ1v) is 7.06. The normalized spacial score (nSPS) is 14.9. The van der Waals surface area contributed by atoms with Gasteiger partial charge in [0.05, 0.1) is 0 Å². The first kappa shape index (κ1) is 11.5. The number of rotatable bonds is 1. The summed E-state index contributed by atoms with van der Waals surface area (Å²) in [5, 5.41) is 0. The third-order valence-corrected chi connectivity index (χ3v) is 4.49. The fraction of sp³-hybridized carbons (Fsp3) is 0.158. The van der Waals surface area contributed by atoms with Crippen molar-refractivity contribution in [3.63, 3.8) is 0 Å². The molecular weight excluding hydrogens is 242 g/mol. The lowest BCUT2D eigenvalue weighted by atomic mass is 9.82. The Labute approximate surface area is 119 Å². The number of nitrogens with one attached hydrogen (secondary N) is 1. The molecule has 0 atom stereocenters. The van der Waals surface area contributed by atoms with E-state index >= 15 is 0 Å². The lowest BCUT2D eigenvalue weighted by Crippen LogP contribution is -2.14. The van der Waals surface area contributed by atoms with Crippen molar-refractivity contribution >= 4 is 0 Å². The molecular formula is C19H17N. The van der Waals surface area contributed by atoms with Gasteiger partial charge in [-0.3, -0.25) is 0 Å². The lowest BCUT2D eigenvalue weighted by Gasteiger charge is -2.21. The Kier molecular flexibility index (Phi) is 2.23. The first-order valence-electron chi connectivity index (χ1n) is 7.06. The summed E-state index contributed by atoms with van der Waals surface area (Å²) >= 11 is 0. The number of H-pyrrole nitrogens is 1. The van der Waals surface area contributed by atoms with Gasteiger partial charge in [-0.1, -0.05) is 50.2 Å². The molecule has 0 amide bonds. The summed E-state index contributed by atoms with van der Waals surface area (Å²) in [5.74, 6) is 0. The molecule has 0 fully saturated rings. The van der Waals surface area contributed by atoms with Crippen LogP contribution in [-0.4, -0.2) is 4.98 Å². The summed E-state index contributed by atoms with van der Waals surface area (Å²) in [6.45, 7) is 4.63. The molecule has 2 aromatic carbocycles. The van der Waals surface area contributed by atoms with Crippen molar-refractivity contribution in [1.29, 1.82) is 0 Å². The average Bonchev–Trinajstić information content (AvgIpc) is 3.07. The molecule has 0 saturated carbocycles. The van der Waals surface area contributed by atoms with E-state index in [1.165, 1.54) is 33.5 Å². The highest BCUT2D eigenvalue weighted by Gasteiger charge is 2.35. The number of fused-ring (bicyclic) bond motifs is 3. The van der Waals surface area contributed by atoms with Crippen LogP contribution in [0.4, 0.5) is 0 Å². The highest BCUT2D eigenvalue weighted by molar-refractivity contribution is 5.83. The maximum atomic E-state index is 3.29. The van der Waals surface area contributed by atoms with Gasteiger partial charge in [-0.2, -0.15) is 0 Å². The molecule has 0 unspecified atom stereocenters. The van der Waals surface area contributed by atoms with Crippen LogP contribution in [0.5, 0.6) is 0 Å². The van der Waals surface area contributed by atoms with Crippen molar-refractivity contribution < 1.29 is 0 Å². The van der Waals surface area contributed by atoms with Crippen molar-refractivity contribution in [1.82, 2.24) is 4.98 Å². The van der Waals surface area contributed by atoms with Gasteiger partial charge in [0.25, 0.3) is 0 Å². The molecule has 1 heterocycles. The highest BCUT2D eigenvalue weighted by atomic mass is 14.7. The molecule has 1 nitrogen and oxygen atoms in total. The van der Waals surface area contributed by atoms with E-state index in [2.05, 4.69) is 67.4 Å². The van der Waals surface area contributed by atoms with Crippen LogP contribution in [0, 0.1) is 0 Å². The van der Waals surface area contributed by atoms with Gasteiger partial charge in [-0.05, 0) is 46.0 Å². The Morgan fingerprint density at radius 3 is 2.40 bits per heavy atom. The van der Waals surface area contributed by atoms with Gasteiger partial charge in [-0.15, -0.1) is 0 Å². The number of aromatic amines is 1. The van der Waals surface area contributed by atoms with Crippen molar-refractivity contribution in [3.05, 3.63) is 71.9 Å². The number of hydrogen-bond acceptors (Lipinski definition) is 0. The summed E-state index contributed by atoms with van der Waals surface area (Å²) in [6, 6.07) is 19.7. The van der Waals surface area contributed by atoms with Crippen LogP contribution in [0.3, 0.4) is 0 Å². The van der Waals surface area contributed by atoms with Crippen LogP contribution in [0.1, 0.15) is 25.0 Å². The molecule has 1 heteroatoms. The van der Waals surface area contributed by atoms with E-state index < -0.39 is 0 Å². The van der Waals surface area contributed by atoms with E-state index in [-0.39, 0.29) is 5.41 Å². The lowest BCUT2D eigenvalue weighted by molar-refractivity contribution is 0.660. The summed E-state index contributed by atoms with van der Waals surface area (Å²) < 4.78 is 0. The van der Waals surface area contributed by atoms with Crippen LogP contribution in [0.2, 0.25) is 0 Å². The Morgan fingerprint density at radius 2 is 1.60 bits per heavy atom. The summed E-state index contributed by atoms with van der Waals surface area (Å²) in [6.07, 6.45) is 1.97. The molecule has 0 aliphatic heterocycles. The SMILES string of the molecule is CC1(C)c2ccccc2-c2ccc(-c3ccc[nH]3)cc21. The Bertz CT molecular complexity index is 779. The minimum absolute atomic E-state index is 0.0779. The second-order valence-electron chi connectivity index (χ2n) is 6.01. The van der Waals surface area contributed by atoms with Crippen molar-refractivity contribution in [3.8, 4) is 22.4 Å².